The van der Waals surface area contributed by atoms with Gasteiger partial charge < -0.3 is 9.80 Å². The topological polar surface area (TPSA) is 40.6 Å². The smallest absolute Gasteiger partial charge is 0.241 e. The molecule has 1 fully saturated rings. The van der Waals surface area contributed by atoms with Crippen molar-refractivity contribution in [3.05, 3.63) is 35.6 Å². The summed E-state index contributed by atoms with van der Waals surface area (Å²) in [4.78, 5) is 26.4. The molecule has 0 bridgehead atoms. The Kier molecular flexibility index (Phi) is 4.09. The average Bonchev–Trinajstić information content (AvgIpc) is 2.72. The predicted octanol–water partition coefficient (Wildman–Crippen LogP) is 1.49. The van der Waals surface area contributed by atoms with Gasteiger partial charge in [-0.3, -0.25) is 9.59 Å². The standard InChI is InChI=1S/C13H15FN2O2S/c1-15(2)11(17)7-16-12(18)8-19-13(16)9-5-3-4-6-10(9)14/h3-6,13H,7-8H2,1-2H3. The van der Waals surface area contributed by atoms with Crippen LogP contribution in [0.2, 0.25) is 0 Å². The van der Waals surface area contributed by atoms with Gasteiger partial charge in [-0.2, -0.15) is 0 Å². The second-order valence-electron chi connectivity index (χ2n) is 4.49. The zero-order valence-electron chi connectivity index (χ0n) is 10.8. The molecule has 0 spiro atoms. The molecular formula is C13H15FN2O2S. The van der Waals surface area contributed by atoms with Crippen molar-refractivity contribution in [2.75, 3.05) is 26.4 Å². The van der Waals surface area contributed by atoms with Gasteiger partial charge in [-0.1, -0.05) is 18.2 Å². The SMILES string of the molecule is CN(C)C(=O)CN1C(=O)CSC1c1ccccc1F. The van der Waals surface area contributed by atoms with Crippen LogP contribution in [0.1, 0.15) is 10.9 Å². The summed E-state index contributed by atoms with van der Waals surface area (Å²) in [6.45, 7) is -0.0160. The Bertz CT molecular complexity index is 507. The third-order valence-corrected chi connectivity index (χ3v) is 4.18. The van der Waals surface area contributed by atoms with E-state index in [9.17, 15) is 14.0 Å². The summed E-state index contributed by atoms with van der Waals surface area (Å²) < 4.78 is 13.8. The lowest BCUT2D eigenvalue weighted by molar-refractivity contribution is -0.137. The van der Waals surface area contributed by atoms with Crippen LogP contribution in [0.5, 0.6) is 0 Å². The first-order chi connectivity index (χ1) is 9.00. The van der Waals surface area contributed by atoms with Crippen molar-refractivity contribution < 1.29 is 14.0 Å². The molecule has 4 nitrogen and oxygen atoms in total. The second-order valence-corrected chi connectivity index (χ2v) is 5.56. The molecule has 19 heavy (non-hydrogen) atoms. The number of halogens is 1. The number of hydrogen-bond donors (Lipinski definition) is 0. The molecule has 1 atom stereocenters. The van der Waals surface area contributed by atoms with Gasteiger partial charge in [0.15, 0.2) is 0 Å². The molecule has 6 heteroatoms. The van der Waals surface area contributed by atoms with Crippen molar-refractivity contribution >= 4 is 23.6 Å². The molecule has 1 aromatic rings. The number of benzene rings is 1. The van der Waals surface area contributed by atoms with Gasteiger partial charge in [0.1, 0.15) is 17.7 Å². The highest BCUT2D eigenvalue weighted by Gasteiger charge is 2.35. The van der Waals surface area contributed by atoms with Gasteiger partial charge in [-0.15, -0.1) is 11.8 Å². The van der Waals surface area contributed by atoms with E-state index in [0.29, 0.717) is 5.56 Å². The van der Waals surface area contributed by atoms with Gasteiger partial charge in [0.05, 0.1) is 5.75 Å². The maximum atomic E-state index is 13.8. The van der Waals surface area contributed by atoms with Gasteiger partial charge in [-0.25, -0.2) is 4.39 Å². The highest BCUT2D eigenvalue weighted by molar-refractivity contribution is 8.00. The maximum absolute atomic E-state index is 13.8. The Labute approximate surface area is 115 Å². The Morgan fingerprint density at radius 1 is 1.47 bits per heavy atom. The van der Waals surface area contributed by atoms with Crippen LogP contribution in [0.15, 0.2) is 24.3 Å². The van der Waals surface area contributed by atoms with Gasteiger partial charge in [0.2, 0.25) is 11.8 Å². The van der Waals surface area contributed by atoms with E-state index in [0.717, 1.165) is 0 Å². The van der Waals surface area contributed by atoms with Gasteiger partial charge >= 0.3 is 0 Å². The molecule has 1 saturated heterocycles. The van der Waals surface area contributed by atoms with Crippen LogP contribution < -0.4 is 0 Å². The summed E-state index contributed by atoms with van der Waals surface area (Å²) >= 11 is 1.35. The highest BCUT2D eigenvalue weighted by Crippen LogP contribution is 2.39. The average molecular weight is 282 g/mol. The van der Waals surface area contributed by atoms with E-state index in [1.165, 1.54) is 27.6 Å². The van der Waals surface area contributed by atoms with Gasteiger partial charge in [0.25, 0.3) is 0 Å². The predicted molar refractivity (Wildman–Crippen MR) is 72.0 cm³/mol. The van der Waals surface area contributed by atoms with Crippen LogP contribution in [0.3, 0.4) is 0 Å². The minimum absolute atomic E-state index is 0.0160. The maximum Gasteiger partial charge on any atom is 0.241 e. The van der Waals surface area contributed by atoms with E-state index in [1.807, 2.05) is 0 Å². The summed E-state index contributed by atoms with van der Waals surface area (Å²) in [5.41, 5.74) is 0.449. The molecule has 0 radical (unpaired) electrons. The zero-order chi connectivity index (χ0) is 14.0. The number of thioether (sulfide) groups is 1. The third-order valence-electron chi connectivity index (χ3n) is 2.94. The Morgan fingerprint density at radius 2 is 2.16 bits per heavy atom. The highest BCUT2D eigenvalue weighted by atomic mass is 32.2. The Morgan fingerprint density at radius 3 is 2.79 bits per heavy atom. The number of carbonyl (C=O) groups is 2. The lowest BCUT2D eigenvalue weighted by Crippen LogP contribution is -2.38. The molecule has 1 heterocycles. The summed E-state index contributed by atoms with van der Waals surface area (Å²) in [5.74, 6) is -0.373. The van der Waals surface area contributed by atoms with E-state index in [4.69, 9.17) is 0 Å². The summed E-state index contributed by atoms with van der Waals surface area (Å²) in [5, 5.41) is -0.419. The molecule has 0 N–H and O–H groups in total. The van der Waals surface area contributed by atoms with E-state index in [2.05, 4.69) is 0 Å². The third kappa shape index (κ3) is 2.89. The van der Waals surface area contributed by atoms with E-state index in [-0.39, 0.29) is 29.9 Å². The molecular weight excluding hydrogens is 267 g/mol. The fraction of sp³-hybridized carbons (Fsp3) is 0.385. The van der Waals surface area contributed by atoms with Crippen LogP contribution in [0.25, 0.3) is 0 Å². The lowest BCUT2D eigenvalue weighted by atomic mass is 10.2. The van der Waals surface area contributed by atoms with E-state index < -0.39 is 5.37 Å². The Balaban J connectivity index is 2.23. The van der Waals surface area contributed by atoms with Crippen molar-refractivity contribution in [2.24, 2.45) is 0 Å². The minimum atomic E-state index is -0.419. The molecule has 0 saturated carbocycles. The minimum Gasteiger partial charge on any atom is -0.347 e. The van der Waals surface area contributed by atoms with Crippen LogP contribution in [-0.4, -0.2) is 48.0 Å². The number of amides is 2. The van der Waals surface area contributed by atoms with Crippen LogP contribution in [0, 0.1) is 5.82 Å². The molecule has 2 amide bonds. The largest absolute Gasteiger partial charge is 0.347 e. The molecule has 0 aliphatic carbocycles. The second kappa shape index (κ2) is 5.61. The van der Waals surface area contributed by atoms with E-state index in [1.54, 1.807) is 32.3 Å². The molecule has 1 aliphatic rings. The fourth-order valence-electron chi connectivity index (χ4n) is 1.85. The number of hydrogen-bond acceptors (Lipinski definition) is 3. The van der Waals surface area contributed by atoms with Crippen molar-refractivity contribution in [3.8, 4) is 0 Å². The van der Waals surface area contributed by atoms with Crippen LogP contribution >= 0.6 is 11.8 Å². The van der Waals surface area contributed by atoms with Gasteiger partial charge in [-0.05, 0) is 6.07 Å². The molecule has 2 rings (SSSR count). The first-order valence-electron chi connectivity index (χ1n) is 5.86. The van der Waals surface area contributed by atoms with Crippen molar-refractivity contribution in [2.45, 2.75) is 5.37 Å². The first kappa shape index (κ1) is 13.9. The van der Waals surface area contributed by atoms with E-state index >= 15 is 0 Å². The quantitative estimate of drug-likeness (QED) is 0.843. The summed E-state index contributed by atoms with van der Waals surface area (Å²) in [7, 11) is 3.27. The number of nitrogens with zero attached hydrogens (tertiary/aromatic N) is 2. The first-order valence-corrected chi connectivity index (χ1v) is 6.91. The Hall–Kier alpha value is -1.56. The van der Waals surface area contributed by atoms with Crippen LogP contribution in [-0.2, 0) is 9.59 Å². The van der Waals surface area contributed by atoms with Crippen molar-refractivity contribution in [1.82, 2.24) is 9.80 Å². The summed E-state index contributed by atoms with van der Waals surface area (Å²) in [6.07, 6.45) is 0. The number of rotatable bonds is 3. The molecule has 1 aromatic carbocycles. The number of carbonyl (C=O) groups excluding carboxylic acids is 2. The molecule has 1 unspecified atom stereocenters. The lowest BCUT2D eigenvalue weighted by Gasteiger charge is -2.25. The summed E-state index contributed by atoms with van der Waals surface area (Å²) in [6, 6.07) is 6.35. The fourth-order valence-corrected chi connectivity index (χ4v) is 3.05. The number of likely N-dealkylation sites (N-methyl/N-ethyl adjacent to an activating group) is 1. The molecule has 1 aliphatic heterocycles. The molecule has 102 valence electrons. The van der Waals surface area contributed by atoms with Gasteiger partial charge in [0, 0.05) is 19.7 Å². The van der Waals surface area contributed by atoms with Crippen LogP contribution in [0.4, 0.5) is 4.39 Å². The zero-order valence-corrected chi connectivity index (χ0v) is 11.6. The van der Waals surface area contributed by atoms with Crippen molar-refractivity contribution in [3.63, 3.8) is 0 Å². The monoisotopic (exact) mass is 282 g/mol. The normalized spacial score (nSPS) is 18.8. The van der Waals surface area contributed by atoms with Crippen molar-refractivity contribution in [1.29, 1.82) is 0 Å². The molecule has 0 aromatic heterocycles.